The van der Waals surface area contributed by atoms with Gasteiger partial charge in [-0.3, -0.25) is 9.97 Å². The van der Waals surface area contributed by atoms with Crippen LogP contribution in [0.3, 0.4) is 0 Å². The highest BCUT2D eigenvalue weighted by Gasteiger charge is 2.59. The number of nitrogens with zero attached hydrogens (tertiary/aromatic N) is 3. The van der Waals surface area contributed by atoms with Gasteiger partial charge in [-0.1, -0.05) is 42.5 Å². The Morgan fingerprint density at radius 1 is 0.759 bits per heavy atom. The lowest BCUT2D eigenvalue weighted by Crippen LogP contribution is -3.00. The third-order valence-electron chi connectivity index (χ3n) is 6.58. The molecule has 4 heteroatoms. The van der Waals surface area contributed by atoms with E-state index in [9.17, 15) is 0 Å². The monoisotopic (exact) mass is 397 g/mol. The number of hydrogen-bond acceptors (Lipinski definition) is 2. The fraction of sp³-hybridized carbons (Fsp3) is 0.160. The fourth-order valence-corrected chi connectivity index (χ4v) is 5.52. The molecule has 0 saturated heterocycles. The molecule has 0 N–H and O–H groups in total. The Morgan fingerprint density at radius 2 is 1.41 bits per heavy atom. The Morgan fingerprint density at radius 3 is 2.07 bits per heavy atom. The molecule has 0 saturated carbocycles. The minimum atomic E-state index is -0.178. The fourth-order valence-electron chi connectivity index (χ4n) is 5.52. The lowest BCUT2D eigenvalue weighted by molar-refractivity contribution is -0.732. The highest BCUT2D eigenvalue weighted by molar-refractivity contribution is 5.53. The Hall–Kier alpha value is -3.04. The van der Waals surface area contributed by atoms with Crippen molar-refractivity contribution in [3.05, 3.63) is 126 Å². The third kappa shape index (κ3) is 2.41. The molecule has 142 valence electrons. The molecule has 4 aromatic rings. The van der Waals surface area contributed by atoms with Crippen LogP contribution in [0.5, 0.6) is 0 Å². The molecule has 0 spiro atoms. The van der Waals surface area contributed by atoms with Crippen LogP contribution in [0.4, 0.5) is 0 Å². The molecule has 0 fully saturated rings. The molecule has 1 aliphatic carbocycles. The summed E-state index contributed by atoms with van der Waals surface area (Å²) in [5.41, 5.74) is 6.59. The second kappa shape index (κ2) is 6.78. The van der Waals surface area contributed by atoms with Crippen molar-refractivity contribution in [2.24, 2.45) is 0 Å². The number of fused-ring (bicyclic) bond motifs is 1. The number of hydrogen-bond donors (Lipinski definition) is 0. The summed E-state index contributed by atoms with van der Waals surface area (Å²) in [6.07, 6.45) is 11.1. The molecule has 2 bridgehead atoms. The number of halogens is 1. The van der Waals surface area contributed by atoms with Gasteiger partial charge in [-0.15, -0.1) is 0 Å². The van der Waals surface area contributed by atoms with Crippen LogP contribution in [-0.2, 0) is 5.41 Å². The van der Waals surface area contributed by atoms with E-state index in [2.05, 4.69) is 87.5 Å². The first-order valence-corrected chi connectivity index (χ1v) is 9.79. The zero-order valence-electron chi connectivity index (χ0n) is 15.8. The molecule has 0 radical (unpaired) electrons. The molecule has 2 atom stereocenters. The van der Waals surface area contributed by atoms with E-state index in [1.165, 1.54) is 27.9 Å². The van der Waals surface area contributed by atoms with E-state index in [0.29, 0.717) is 6.04 Å². The van der Waals surface area contributed by atoms with Gasteiger partial charge < -0.3 is 12.4 Å². The zero-order chi connectivity index (χ0) is 18.6. The summed E-state index contributed by atoms with van der Waals surface area (Å²) in [6.45, 7) is 0. The summed E-state index contributed by atoms with van der Waals surface area (Å²) in [4.78, 5) is 9.00. The Balaban J connectivity index is 0.00000181. The van der Waals surface area contributed by atoms with Gasteiger partial charge in [0.05, 0.1) is 5.92 Å². The van der Waals surface area contributed by atoms with Gasteiger partial charge in [-0.25, -0.2) is 0 Å². The van der Waals surface area contributed by atoms with Crippen molar-refractivity contribution < 1.29 is 17.0 Å². The van der Waals surface area contributed by atoms with Crippen molar-refractivity contribution in [3.63, 3.8) is 0 Å². The van der Waals surface area contributed by atoms with Crippen LogP contribution in [0.15, 0.2) is 97.7 Å². The van der Waals surface area contributed by atoms with Gasteiger partial charge in [0, 0.05) is 54.3 Å². The highest BCUT2D eigenvalue weighted by Crippen LogP contribution is 2.59. The van der Waals surface area contributed by atoms with Crippen molar-refractivity contribution in [1.29, 1.82) is 0 Å². The molecule has 29 heavy (non-hydrogen) atoms. The average molecular weight is 398 g/mol. The molecule has 0 amide bonds. The van der Waals surface area contributed by atoms with Gasteiger partial charge in [-0.2, -0.15) is 4.57 Å². The maximum absolute atomic E-state index is 4.50. The van der Waals surface area contributed by atoms with Crippen LogP contribution in [0, 0.1) is 0 Å². The van der Waals surface area contributed by atoms with Crippen LogP contribution in [0.1, 0.15) is 46.3 Å². The molecule has 2 unspecified atom stereocenters. The predicted octanol–water partition coefficient (Wildman–Crippen LogP) is 1.19. The van der Waals surface area contributed by atoms with Gasteiger partial charge in [0.1, 0.15) is 0 Å². The van der Waals surface area contributed by atoms with Crippen molar-refractivity contribution in [2.45, 2.75) is 23.8 Å². The standard InChI is InChI=1S/C25H20N3.ClH/c1-2-10-21-20(9-1)23-15-25(18-7-5-12-26-16-18,19-8-6-13-27-17-19)24(21)22-11-3-4-14-28(22)23;/h1-14,16-17,23-24H,15H2;1H/q+1;/p-1. The molecular weight excluding hydrogens is 378 g/mol. The van der Waals surface area contributed by atoms with Crippen molar-refractivity contribution in [1.82, 2.24) is 9.97 Å². The summed E-state index contributed by atoms with van der Waals surface area (Å²) in [5.74, 6) is 0.225. The van der Waals surface area contributed by atoms with E-state index in [1.807, 2.05) is 24.8 Å². The summed E-state index contributed by atoms with van der Waals surface area (Å²) in [5, 5.41) is 0. The van der Waals surface area contributed by atoms with Gasteiger partial charge >= 0.3 is 0 Å². The first-order valence-electron chi connectivity index (χ1n) is 9.79. The average Bonchev–Trinajstić information content (AvgIpc) is 2.80. The van der Waals surface area contributed by atoms with Gasteiger partial charge in [0.25, 0.3) is 0 Å². The van der Waals surface area contributed by atoms with E-state index in [-0.39, 0.29) is 23.7 Å². The maximum atomic E-state index is 4.50. The minimum absolute atomic E-state index is 0. The second-order valence-corrected chi connectivity index (χ2v) is 7.77. The number of rotatable bonds is 2. The Kier molecular flexibility index (Phi) is 4.21. The lowest BCUT2D eigenvalue weighted by Gasteiger charge is -2.49. The first kappa shape index (κ1) is 18.0. The number of benzene rings is 1. The summed E-state index contributed by atoms with van der Waals surface area (Å²) in [6, 6.07) is 24.4. The summed E-state index contributed by atoms with van der Waals surface area (Å²) >= 11 is 0. The van der Waals surface area contributed by atoms with Crippen LogP contribution >= 0.6 is 0 Å². The molecular formula is C25H20ClN3. The van der Waals surface area contributed by atoms with Gasteiger partial charge in [0.15, 0.2) is 17.9 Å². The molecule has 3 aromatic heterocycles. The smallest absolute Gasteiger partial charge is 0.190 e. The number of aromatic nitrogens is 3. The Bertz CT molecular complexity index is 1070. The van der Waals surface area contributed by atoms with Crippen molar-refractivity contribution >= 4 is 0 Å². The highest BCUT2D eigenvalue weighted by atomic mass is 35.5. The van der Waals surface area contributed by atoms with E-state index < -0.39 is 0 Å². The van der Waals surface area contributed by atoms with Crippen molar-refractivity contribution in [3.8, 4) is 0 Å². The van der Waals surface area contributed by atoms with Crippen LogP contribution < -0.4 is 17.0 Å². The predicted molar refractivity (Wildman–Crippen MR) is 107 cm³/mol. The molecule has 2 aliphatic heterocycles. The van der Waals surface area contributed by atoms with E-state index >= 15 is 0 Å². The van der Waals surface area contributed by atoms with E-state index in [1.54, 1.807) is 0 Å². The number of pyridine rings is 3. The van der Waals surface area contributed by atoms with E-state index in [0.717, 1.165) is 6.42 Å². The SMILES string of the molecule is [Cl-].c1cncc(C2(c3cccnc3)CC3c4ccccc4C2c2cccc[n+]23)c1. The molecule has 3 aliphatic rings. The van der Waals surface area contributed by atoms with Gasteiger partial charge in [-0.05, 0) is 28.8 Å². The molecule has 1 aromatic carbocycles. The van der Waals surface area contributed by atoms with E-state index in [4.69, 9.17) is 0 Å². The molecule has 3 nitrogen and oxygen atoms in total. The zero-order valence-corrected chi connectivity index (χ0v) is 16.6. The van der Waals surface area contributed by atoms with Gasteiger partial charge in [0.2, 0.25) is 0 Å². The molecule has 5 heterocycles. The normalized spacial score (nSPS) is 20.3. The quantitative estimate of drug-likeness (QED) is 0.476. The third-order valence-corrected chi connectivity index (χ3v) is 6.58. The second-order valence-electron chi connectivity index (χ2n) is 7.77. The maximum Gasteiger partial charge on any atom is 0.190 e. The first-order chi connectivity index (χ1) is 13.9. The molecule has 7 rings (SSSR count). The largest absolute Gasteiger partial charge is 1.00 e. The Labute approximate surface area is 176 Å². The minimum Gasteiger partial charge on any atom is -1.00 e. The van der Waals surface area contributed by atoms with Crippen LogP contribution in [-0.4, -0.2) is 9.97 Å². The van der Waals surface area contributed by atoms with Crippen LogP contribution in [0.25, 0.3) is 0 Å². The lowest BCUT2D eigenvalue weighted by atomic mass is 9.54. The topological polar surface area (TPSA) is 29.7 Å². The summed E-state index contributed by atoms with van der Waals surface area (Å²) < 4.78 is 2.47. The summed E-state index contributed by atoms with van der Waals surface area (Å²) in [7, 11) is 0. The van der Waals surface area contributed by atoms with Crippen LogP contribution in [0.2, 0.25) is 0 Å². The van der Waals surface area contributed by atoms with Crippen molar-refractivity contribution in [2.75, 3.05) is 0 Å².